The van der Waals surface area contributed by atoms with E-state index in [9.17, 15) is 29.7 Å². The van der Waals surface area contributed by atoms with Crippen LogP contribution in [0.3, 0.4) is 0 Å². The summed E-state index contributed by atoms with van der Waals surface area (Å²) >= 11 is 0. The number of nitrogens with two attached hydrogens (primary N) is 1. The van der Waals surface area contributed by atoms with Gasteiger partial charge in [0.2, 0.25) is 0 Å². The molecule has 9 heteroatoms. The number of amides is 1. The maximum atomic E-state index is 13.9. The minimum atomic E-state index is -1.25. The maximum Gasteiger partial charge on any atom is 0.255 e. The van der Waals surface area contributed by atoms with Crippen molar-refractivity contribution in [3.8, 4) is 5.75 Å². The lowest BCUT2D eigenvalue weighted by atomic mass is 9.59. The normalized spacial score (nSPS) is 24.5. The Labute approximate surface area is 236 Å². The van der Waals surface area contributed by atoms with Crippen molar-refractivity contribution < 1.29 is 29.7 Å². The molecule has 0 spiro atoms. The van der Waals surface area contributed by atoms with Crippen LogP contribution in [0.15, 0.2) is 23.0 Å². The number of rotatable bonds is 9. The highest BCUT2D eigenvalue weighted by Gasteiger charge is 2.55. The number of fused-ring (bicyclic) bond motifs is 3. The fourth-order valence-electron chi connectivity index (χ4n) is 6.77. The van der Waals surface area contributed by atoms with E-state index < -0.39 is 52.6 Å². The molecule has 0 bridgehead atoms. The Bertz CT molecular complexity index is 1290. The number of carbonyl (C=O) groups excluding carboxylic acids is 3. The van der Waals surface area contributed by atoms with Crippen molar-refractivity contribution >= 4 is 28.9 Å². The van der Waals surface area contributed by atoms with Gasteiger partial charge in [0, 0.05) is 23.4 Å². The number of aromatic hydroxyl groups is 1. The summed E-state index contributed by atoms with van der Waals surface area (Å²) < 4.78 is 0. The quantitative estimate of drug-likeness (QED) is 0.228. The number of aliphatic hydroxyl groups excluding tert-OH is 2. The Morgan fingerprint density at radius 1 is 1.10 bits per heavy atom. The fraction of sp³-hybridized carbons (Fsp3) is 0.581. The van der Waals surface area contributed by atoms with Crippen molar-refractivity contribution in [1.82, 2.24) is 4.90 Å². The molecule has 0 heterocycles. The number of ketones is 2. The molecule has 9 nitrogen and oxygen atoms in total. The van der Waals surface area contributed by atoms with Gasteiger partial charge in [-0.15, -0.1) is 0 Å². The first-order valence-electron chi connectivity index (χ1n) is 14.3. The third-order valence-electron chi connectivity index (χ3n) is 8.57. The molecule has 4 rings (SSSR count). The number of hydrogen-bond acceptors (Lipinski definition) is 8. The summed E-state index contributed by atoms with van der Waals surface area (Å²) in [7, 11) is 3.42. The zero-order chi connectivity index (χ0) is 29.6. The molecular weight excluding hydrogens is 510 g/mol. The van der Waals surface area contributed by atoms with Crippen LogP contribution >= 0.6 is 0 Å². The van der Waals surface area contributed by atoms with Crippen LogP contribution in [-0.4, -0.2) is 64.4 Å². The Kier molecular flexibility index (Phi) is 8.36. The number of aliphatic hydroxyl groups is 2. The molecule has 218 valence electrons. The number of primary amides is 1. The van der Waals surface area contributed by atoms with Crippen LogP contribution in [0.2, 0.25) is 0 Å². The summed E-state index contributed by atoms with van der Waals surface area (Å²) in [4.78, 5) is 41.1. The summed E-state index contributed by atoms with van der Waals surface area (Å²) in [6, 6.07) is 1.23. The number of Topliss-reactive ketones (excluding diaryl/α,β-unsaturated/α-hetero) is 2. The van der Waals surface area contributed by atoms with Gasteiger partial charge in [0.25, 0.3) is 5.91 Å². The molecule has 0 saturated heterocycles. The molecule has 0 unspecified atom stereocenters. The predicted octanol–water partition coefficient (Wildman–Crippen LogP) is 3.90. The van der Waals surface area contributed by atoms with Crippen molar-refractivity contribution in [1.29, 1.82) is 0 Å². The van der Waals surface area contributed by atoms with Crippen LogP contribution < -0.4 is 11.1 Å². The number of allylic oxidation sites excluding steroid dienone is 1. The molecule has 0 aliphatic heterocycles. The lowest BCUT2D eigenvalue weighted by Gasteiger charge is -2.46. The second-order valence-electron chi connectivity index (χ2n) is 12.6. The Hall–Kier alpha value is -3.33. The molecule has 40 heavy (non-hydrogen) atoms. The van der Waals surface area contributed by atoms with Crippen molar-refractivity contribution in [3.63, 3.8) is 0 Å². The summed E-state index contributed by atoms with van der Waals surface area (Å²) in [6.45, 7) is 9.22. The van der Waals surface area contributed by atoms with Crippen molar-refractivity contribution in [2.75, 3.05) is 26.0 Å². The minimum Gasteiger partial charge on any atom is -0.510 e. The van der Waals surface area contributed by atoms with Crippen LogP contribution in [0, 0.1) is 29.6 Å². The largest absolute Gasteiger partial charge is 0.510 e. The Morgan fingerprint density at radius 2 is 1.77 bits per heavy atom. The van der Waals surface area contributed by atoms with Gasteiger partial charge in [-0.1, -0.05) is 34.1 Å². The number of nitrogens with one attached hydrogen (secondary N) is 1. The van der Waals surface area contributed by atoms with E-state index in [2.05, 4.69) is 33.0 Å². The highest BCUT2D eigenvalue weighted by atomic mass is 16.3. The lowest BCUT2D eigenvalue weighted by molar-refractivity contribution is -0.136. The summed E-state index contributed by atoms with van der Waals surface area (Å²) in [5.74, 6) is -4.59. The minimum absolute atomic E-state index is 0.0395. The zero-order valence-corrected chi connectivity index (χ0v) is 24.4. The molecule has 1 fully saturated rings. The number of phenols is 1. The smallest absolute Gasteiger partial charge is 0.255 e. The van der Waals surface area contributed by atoms with Crippen LogP contribution in [0.5, 0.6) is 5.75 Å². The van der Waals surface area contributed by atoms with Gasteiger partial charge in [0.15, 0.2) is 11.6 Å². The highest BCUT2D eigenvalue weighted by molar-refractivity contribution is 6.28. The number of carbonyl (C=O) groups is 3. The van der Waals surface area contributed by atoms with Gasteiger partial charge in [-0.3, -0.25) is 19.3 Å². The van der Waals surface area contributed by atoms with E-state index in [1.165, 1.54) is 0 Å². The second-order valence-corrected chi connectivity index (χ2v) is 12.6. The van der Waals surface area contributed by atoms with Gasteiger partial charge in [0.1, 0.15) is 22.8 Å². The third-order valence-corrected chi connectivity index (χ3v) is 8.57. The number of benzene rings is 1. The number of anilines is 1. The second kappa shape index (κ2) is 11.3. The van der Waals surface area contributed by atoms with Crippen molar-refractivity contribution in [2.45, 2.75) is 65.8 Å². The fourth-order valence-corrected chi connectivity index (χ4v) is 6.77. The van der Waals surface area contributed by atoms with E-state index in [0.717, 1.165) is 24.1 Å². The lowest BCUT2D eigenvalue weighted by Crippen LogP contribution is -2.55. The Balaban J connectivity index is 1.82. The molecule has 1 amide bonds. The standard InChI is InChI=1S/C31H43N3O6/c1-14(2)8-7-9-18-20(33-13-15(3)4)12-17-10-16-11-19-23(28(37)22(16)27(36)21(17)26(18)35)29(38)24(31(32)40)30(39)25(19)34(5)6/h12,14-16,19,23,25,33,35-36,39H,7-11,13H2,1-6H3,(H2,32,40)/t16-,19+,23+,25-/m0/s1. The van der Waals surface area contributed by atoms with E-state index in [1.807, 2.05) is 6.07 Å². The van der Waals surface area contributed by atoms with E-state index in [-0.39, 0.29) is 22.6 Å². The highest BCUT2D eigenvalue weighted by Crippen LogP contribution is 2.51. The van der Waals surface area contributed by atoms with E-state index in [4.69, 9.17) is 5.73 Å². The van der Waals surface area contributed by atoms with Gasteiger partial charge in [-0.05, 0) is 75.1 Å². The average molecular weight is 554 g/mol. The van der Waals surface area contributed by atoms with E-state index in [1.54, 1.807) is 19.0 Å². The monoisotopic (exact) mass is 553 g/mol. The maximum absolute atomic E-state index is 13.9. The molecule has 0 aromatic heterocycles. The number of nitrogens with zero attached hydrogens (tertiary/aromatic N) is 1. The molecule has 3 aliphatic carbocycles. The van der Waals surface area contributed by atoms with Crippen LogP contribution in [-0.2, 0) is 27.2 Å². The summed E-state index contributed by atoms with van der Waals surface area (Å²) in [6.07, 6.45) is 3.17. The molecule has 1 aromatic rings. The number of phenolic OH excluding ortho intramolecular Hbond substituents is 1. The van der Waals surface area contributed by atoms with Gasteiger partial charge in [0.05, 0.1) is 17.5 Å². The van der Waals surface area contributed by atoms with Gasteiger partial charge in [-0.25, -0.2) is 0 Å². The molecule has 0 radical (unpaired) electrons. The van der Waals surface area contributed by atoms with Gasteiger partial charge in [-0.2, -0.15) is 0 Å². The van der Waals surface area contributed by atoms with E-state index >= 15 is 0 Å². The van der Waals surface area contributed by atoms with Crippen LogP contribution in [0.25, 0.3) is 5.76 Å². The summed E-state index contributed by atoms with van der Waals surface area (Å²) in [5.41, 5.74) is 7.51. The van der Waals surface area contributed by atoms with E-state index in [0.29, 0.717) is 43.2 Å². The molecule has 4 atom stereocenters. The number of likely N-dealkylation sites (N-methyl/N-ethyl adjacent to an activating group) is 1. The van der Waals surface area contributed by atoms with Crippen molar-refractivity contribution in [2.24, 2.45) is 35.3 Å². The molecule has 6 N–H and O–H groups in total. The summed E-state index contributed by atoms with van der Waals surface area (Å²) in [5, 5.41) is 37.4. The molecule has 3 aliphatic rings. The Morgan fingerprint density at radius 3 is 2.35 bits per heavy atom. The topological polar surface area (TPSA) is 153 Å². The predicted molar refractivity (Wildman–Crippen MR) is 154 cm³/mol. The first-order chi connectivity index (χ1) is 18.8. The first-order valence-corrected chi connectivity index (χ1v) is 14.3. The number of hydrogen-bond donors (Lipinski definition) is 5. The first kappa shape index (κ1) is 29.6. The van der Waals surface area contributed by atoms with Crippen molar-refractivity contribution in [3.05, 3.63) is 39.7 Å². The average Bonchev–Trinajstić information content (AvgIpc) is 2.82. The molecular formula is C31H43N3O6. The SMILES string of the molecule is CC(C)CCCc1c(NCC(C)C)cc2c(c1O)C(O)=C1C(=O)[C@@H]3C(=O)C(C(N)=O)=C(O)[C@@H](N(C)C)[C@@H]3C[C@@H]1C2. The zero-order valence-electron chi connectivity index (χ0n) is 24.4. The van der Waals surface area contributed by atoms with Gasteiger partial charge < -0.3 is 26.4 Å². The molecule has 1 aromatic carbocycles. The third kappa shape index (κ3) is 5.11. The van der Waals surface area contributed by atoms with Gasteiger partial charge >= 0.3 is 0 Å². The van der Waals surface area contributed by atoms with Crippen LogP contribution in [0.1, 0.15) is 63.6 Å². The molecule has 1 saturated carbocycles. The van der Waals surface area contributed by atoms with Crippen LogP contribution in [0.4, 0.5) is 5.69 Å².